The van der Waals surface area contributed by atoms with E-state index in [-0.39, 0.29) is 27.8 Å². The molecule has 0 unspecified atom stereocenters. The first-order valence-corrected chi connectivity index (χ1v) is 26.0. The van der Waals surface area contributed by atoms with Gasteiger partial charge in [-0.2, -0.15) is 0 Å². The summed E-state index contributed by atoms with van der Waals surface area (Å²) in [6, 6.07) is 0. The fraction of sp³-hybridized carbons (Fsp3) is 0.941. The zero-order chi connectivity index (χ0) is 51.7. The summed E-state index contributed by atoms with van der Waals surface area (Å²) in [6.07, 6.45) is -20.1. The molecular weight excluding hydrogens is 933 g/mol. The molecule has 406 valence electrons. The Balaban J connectivity index is 0.915. The first-order chi connectivity index (χ1) is 33.1. The summed E-state index contributed by atoms with van der Waals surface area (Å²) in [6.45, 7) is 16.0. The van der Waals surface area contributed by atoms with Crippen molar-refractivity contribution in [2.45, 2.75) is 230 Å². The lowest BCUT2D eigenvalue weighted by Gasteiger charge is -2.71. The number of carbonyl (C=O) groups is 1. The van der Waals surface area contributed by atoms with Crippen LogP contribution in [0.4, 0.5) is 0 Å². The molecule has 20 nitrogen and oxygen atoms in total. The zero-order valence-electron chi connectivity index (χ0n) is 42.4. The van der Waals surface area contributed by atoms with Gasteiger partial charge in [-0.25, -0.2) is 0 Å². The number of aliphatic hydroxyl groups is 11. The molecule has 0 radical (unpaired) electrons. The molecule has 9 rings (SSSR count). The largest absolute Gasteiger partial charge is 0.432 e. The van der Waals surface area contributed by atoms with E-state index in [1.54, 1.807) is 0 Å². The van der Waals surface area contributed by atoms with Gasteiger partial charge in [-0.1, -0.05) is 60.1 Å². The van der Waals surface area contributed by atoms with Crippen LogP contribution in [-0.2, 0) is 42.7 Å². The van der Waals surface area contributed by atoms with Crippen molar-refractivity contribution in [3.63, 3.8) is 0 Å². The molecule has 4 saturated heterocycles. The predicted molar refractivity (Wildman–Crippen MR) is 245 cm³/mol. The summed E-state index contributed by atoms with van der Waals surface area (Å²) in [5.74, 6) is -0.511. The molecule has 9 aliphatic rings. The van der Waals surface area contributed by atoms with Gasteiger partial charge in [0.1, 0.15) is 72.6 Å². The van der Waals surface area contributed by atoms with Crippen molar-refractivity contribution in [3.8, 4) is 0 Å². The maximum absolute atomic E-state index is 15.2. The topological polar surface area (TPSA) is 313 Å². The molecule has 0 spiro atoms. The number of allylic oxidation sites excluding steroid dienone is 2. The van der Waals surface area contributed by atoms with Crippen LogP contribution in [0, 0.1) is 50.2 Å². The van der Waals surface area contributed by atoms with Crippen molar-refractivity contribution in [2.75, 3.05) is 19.8 Å². The lowest BCUT2D eigenvalue weighted by molar-refractivity contribution is -0.375. The fourth-order valence-electron chi connectivity index (χ4n) is 15.7. The van der Waals surface area contributed by atoms with Crippen LogP contribution in [-0.4, -0.2) is 199 Å². The van der Waals surface area contributed by atoms with Gasteiger partial charge >= 0.3 is 5.97 Å². The number of esters is 1. The van der Waals surface area contributed by atoms with Gasteiger partial charge in [-0.3, -0.25) is 4.79 Å². The second-order valence-corrected chi connectivity index (χ2v) is 25.0. The first kappa shape index (κ1) is 54.3. The molecule has 4 heterocycles. The second kappa shape index (κ2) is 19.2. The minimum Gasteiger partial charge on any atom is -0.432 e. The molecule has 0 aromatic heterocycles. The van der Waals surface area contributed by atoms with Crippen molar-refractivity contribution in [3.05, 3.63) is 11.6 Å². The Hall–Kier alpha value is -1.51. The summed E-state index contributed by atoms with van der Waals surface area (Å²) in [4.78, 5) is 15.2. The molecule has 5 aliphatic carbocycles. The third-order valence-electron chi connectivity index (χ3n) is 20.2. The maximum Gasteiger partial charge on any atom is 0.317 e. The van der Waals surface area contributed by atoms with Crippen LogP contribution >= 0.6 is 0 Å². The Bertz CT molecular complexity index is 1970. The predicted octanol–water partition coefficient (Wildman–Crippen LogP) is -0.120. The van der Waals surface area contributed by atoms with Gasteiger partial charge < -0.3 is 94.1 Å². The molecule has 26 atom stereocenters. The lowest BCUT2D eigenvalue weighted by Crippen LogP contribution is -2.68. The van der Waals surface area contributed by atoms with E-state index in [4.69, 9.17) is 37.9 Å². The molecule has 0 bridgehead atoms. The van der Waals surface area contributed by atoms with E-state index in [1.165, 1.54) is 6.92 Å². The number of carbonyl (C=O) groups excluding carboxylic acids is 1. The number of aliphatic hydroxyl groups excluding tert-OH is 11. The van der Waals surface area contributed by atoms with Crippen molar-refractivity contribution in [1.29, 1.82) is 0 Å². The van der Waals surface area contributed by atoms with E-state index in [0.717, 1.165) is 37.7 Å². The van der Waals surface area contributed by atoms with Gasteiger partial charge in [0.2, 0.25) is 6.29 Å². The van der Waals surface area contributed by atoms with Crippen LogP contribution in [0.3, 0.4) is 0 Å². The van der Waals surface area contributed by atoms with E-state index in [1.807, 2.05) is 0 Å². The highest BCUT2D eigenvalue weighted by Crippen LogP contribution is 2.76. The van der Waals surface area contributed by atoms with Crippen LogP contribution in [0.25, 0.3) is 0 Å². The third-order valence-corrected chi connectivity index (χ3v) is 20.2. The van der Waals surface area contributed by atoms with E-state index in [0.29, 0.717) is 37.5 Å². The van der Waals surface area contributed by atoms with Crippen LogP contribution in [0.1, 0.15) is 113 Å². The highest BCUT2D eigenvalue weighted by Gasteiger charge is 2.72. The molecule has 0 amide bonds. The third kappa shape index (κ3) is 8.71. The number of hydrogen-bond donors (Lipinski definition) is 11. The Kier molecular flexibility index (Phi) is 14.7. The molecule has 71 heavy (non-hydrogen) atoms. The maximum atomic E-state index is 15.2. The van der Waals surface area contributed by atoms with Crippen molar-refractivity contribution < 1.29 is 98.9 Å². The fourth-order valence-corrected chi connectivity index (χ4v) is 15.7. The SMILES string of the molecule is C[C@@H]1O[C@H](O[C@H]2[C@H](OC(=O)[C@]34CCC(C)(C)C[C@H]3C3=CC[C@@H]5[C@@]6(C)CC[C@H](O)C(C)(C)[C@@H]6CC[C@@]5(C)[C@]3(C)C[C@H]4O)OC[C@H](O)[C@@H]2O)[C@H](O)[C@H](O)[C@H]1O[C@@H]1OC[C@@H](O)[C@H](O[C@@H]2OC[C@@H](O)[C@H](O)[C@H]2O)[C@H]1O. The summed E-state index contributed by atoms with van der Waals surface area (Å²) < 4.78 is 46.6. The Morgan fingerprint density at radius 3 is 1.86 bits per heavy atom. The molecule has 8 fully saturated rings. The number of fused-ring (bicyclic) bond motifs is 7. The van der Waals surface area contributed by atoms with Crippen molar-refractivity contribution in [2.24, 2.45) is 50.2 Å². The monoisotopic (exact) mass is 1010 g/mol. The molecule has 0 aromatic rings. The Morgan fingerprint density at radius 2 is 1.17 bits per heavy atom. The van der Waals surface area contributed by atoms with Crippen LogP contribution in [0.2, 0.25) is 0 Å². The van der Waals surface area contributed by atoms with E-state index < -0.39 is 153 Å². The summed E-state index contributed by atoms with van der Waals surface area (Å²) in [7, 11) is 0. The lowest BCUT2D eigenvalue weighted by atomic mass is 9.33. The van der Waals surface area contributed by atoms with Gasteiger partial charge in [0.05, 0.1) is 38.1 Å². The standard InChI is InChI=1S/C51H82O20/c1-22-38(68-42-37(62)39(27(54)21-65-42)69-41-35(60)32(57)25(52)19-64-41)34(59)36(61)43(67-22)70-40-33(58)26(53)20-66-44(40)71-45(63)51-16-15-46(2,3)17-24(51)23-9-10-29-48(6)13-12-30(55)47(4,5)28(48)11-14-49(29,7)50(23,8)18-31(51)56/h9,22,24-44,52-62H,10-21H2,1-8H3/t22-,24-,25+,26-,27+,28-,29+,30-,31+,32-,33-,34-,35+,36+,37+,38-,39-,40+,41-,42-,43+,44-,48-,49+,50+,51+/m0/s1. The molecule has 20 heteroatoms. The van der Waals surface area contributed by atoms with Crippen LogP contribution < -0.4 is 0 Å². The summed E-state index contributed by atoms with van der Waals surface area (Å²) in [5.41, 5.74) is -1.36. The van der Waals surface area contributed by atoms with E-state index in [9.17, 15) is 56.2 Å². The van der Waals surface area contributed by atoms with Crippen molar-refractivity contribution >= 4 is 5.97 Å². The first-order valence-electron chi connectivity index (χ1n) is 26.0. The van der Waals surface area contributed by atoms with Crippen LogP contribution in [0.15, 0.2) is 11.6 Å². The van der Waals surface area contributed by atoms with Gasteiger partial charge in [0.15, 0.2) is 25.0 Å². The van der Waals surface area contributed by atoms with Gasteiger partial charge in [-0.05, 0) is 110 Å². The second-order valence-electron chi connectivity index (χ2n) is 25.0. The van der Waals surface area contributed by atoms with E-state index >= 15 is 4.79 Å². The number of ether oxygens (including phenoxy) is 8. The van der Waals surface area contributed by atoms with E-state index in [2.05, 4.69) is 54.5 Å². The normalized spacial score (nSPS) is 54.8. The number of rotatable bonds is 8. The zero-order valence-corrected chi connectivity index (χ0v) is 42.4. The van der Waals surface area contributed by atoms with Crippen molar-refractivity contribution in [1.82, 2.24) is 0 Å². The van der Waals surface area contributed by atoms with Crippen LogP contribution in [0.5, 0.6) is 0 Å². The Morgan fingerprint density at radius 1 is 0.577 bits per heavy atom. The highest BCUT2D eigenvalue weighted by atomic mass is 16.8. The van der Waals surface area contributed by atoms with Gasteiger partial charge in [-0.15, -0.1) is 0 Å². The molecule has 11 N–H and O–H groups in total. The highest BCUT2D eigenvalue weighted by molar-refractivity contribution is 5.80. The quantitative estimate of drug-likeness (QED) is 0.112. The number of hydrogen-bond acceptors (Lipinski definition) is 20. The smallest absolute Gasteiger partial charge is 0.317 e. The molecule has 0 aromatic carbocycles. The molecule has 4 saturated carbocycles. The summed E-state index contributed by atoms with van der Waals surface area (Å²) >= 11 is 0. The minimum atomic E-state index is -1.91. The molecule has 4 aliphatic heterocycles. The Labute approximate surface area is 415 Å². The average Bonchev–Trinajstić information content (AvgIpc) is 3.30. The summed E-state index contributed by atoms with van der Waals surface area (Å²) in [5, 5.41) is 121. The molecular formula is C51H82O20. The van der Waals surface area contributed by atoms with Gasteiger partial charge in [0, 0.05) is 0 Å². The minimum absolute atomic E-state index is 0.0349. The van der Waals surface area contributed by atoms with Gasteiger partial charge in [0.25, 0.3) is 0 Å². The average molecular weight is 1020 g/mol.